The van der Waals surface area contributed by atoms with Crippen LogP contribution < -0.4 is 4.31 Å². The number of likely N-dealkylation sites (tertiary alicyclic amines) is 1. The molecule has 0 radical (unpaired) electrons. The lowest BCUT2D eigenvalue weighted by Gasteiger charge is -2.58. The zero-order chi connectivity index (χ0) is 20.1. The molecule has 2 aromatic carbocycles. The maximum Gasteiger partial charge on any atom is 0.264 e. The van der Waals surface area contributed by atoms with E-state index in [-0.39, 0.29) is 42.0 Å². The minimum absolute atomic E-state index is 0.0555. The Labute approximate surface area is 165 Å². The second kappa shape index (κ2) is 6.90. The number of rotatable bonds is 4. The quantitative estimate of drug-likeness (QED) is 0.854. The summed E-state index contributed by atoms with van der Waals surface area (Å²) in [5.74, 6) is -0.118. The van der Waals surface area contributed by atoms with Crippen LogP contribution in [0.15, 0.2) is 53.4 Å². The van der Waals surface area contributed by atoms with Crippen LogP contribution in [0.1, 0.15) is 30.4 Å². The van der Waals surface area contributed by atoms with Crippen LogP contribution in [-0.4, -0.2) is 49.6 Å². The monoisotopic (exact) mass is 400 g/mol. The molecule has 2 aliphatic rings. The van der Waals surface area contributed by atoms with Gasteiger partial charge in [0.2, 0.25) is 5.91 Å². The van der Waals surface area contributed by atoms with Crippen molar-refractivity contribution >= 4 is 21.6 Å². The van der Waals surface area contributed by atoms with Crippen molar-refractivity contribution in [1.82, 2.24) is 4.90 Å². The van der Waals surface area contributed by atoms with Gasteiger partial charge in [-0.3, -0.25) is 9.10 Å². The fourth-order valence-electron chi connectivity index (χ4n) is 4.57. The van der Waals surface area contributed by atoms with Crippen molar-refractivity contribution in [3.63, 3.8) is 0 Å². The number of aliphatic hydroxyl groups excluding tert-OH is 1. The topological polar surface area (TPSA) is 77.9 Å². The summed E-state index contributed by atoms with van der Waals surface area (Å²) in [6.45, 7) is 3.62. The third kappa shape index (κ3) is 2.64. The van der Waals surface area contributed by atoms with Crippen LogP contribution in [-0.2, 0) is 14.8 Å². The highest BCUT2D eigenvalue weighted by Crippen LogP contribution is 2.49. The van der Waals surface area contributed by atoms with E-state index in [1.54, 1.807) is 43.0 Å². The zero-order valence-electron chi connectivity index (χ0n) is 15.9. The van der Waals surface area contributed by atoms with E-state index in [0.29, 0.717) is 17.7 Å². The van der Waals surface area contributed by atoms with Crippen molar-refractivity contribution in [3.05, 3.63) is 59.7 Å². The zero-order valence-corrected chi connectivity index (χ0v) is 16.8. The lowest BCUT2D eigenvalue weighted by molar-refractivity contribution is -0.149. The first-order chi connectivity index (χ1) is 13.4. The molecule has 0 saturated carbocycles. The van der Waals surface area contributed by atoms with E-state index in [1.165, 1.54) is 4.31 Å². The van der Waals surface area contributed by atoms with E-state index in [0.717, 1.165) is 5.56 Å². The number of para-hydroxylation sites is 1. The van der Waals surface area contributed by atoms with Gasteiger partial charge in [-0.15, -0.1) is 0 Å². The fraction of sp³-hybridized carbons (Fsp3) is 0.381. The van der Waals surface area contributed by atoms with Gasteiger partial charge in [-0.1, -0.05) is 43.3 Å². The van der Waals surface area contributed by atoms with Crippen molar-refractivity contribution < 1.29 is 18.3 Å². The molecule has 7 heteroatoms. The van der Waals surface area contributed by atoms with Gasteiger partial charge in [-0.2, -0.15) is 0 Å². The van der Waals surface area contributed by atoms with E-state index < -0.39 is 10.0 Å². The van der Waals surface area contributed by atoms with E-state index in [4.69, 9.17) is 0 Å². The first kappa shape index (κ1) is 19.0. The molecular weight excluding hydrogens is 376 g/mol. The SMILES string of the molecule is CCC(=O)N1[C@@H](CO)[C@@H]2c3ccccc3N(S(=O)(=O)c3ccccc3C)C[C@@H]21. The van der Waals surface area contributed by atoms with Gasteiger partial charge in [0.25, 0.3) is 10.0 Å². The summed E-state index contributed by atoms with van der Waals surface area (Å²) in [6, 6.07) is 13.8. The Bertz CT molecular complexity index is 1020. The highest BCUT2D eigenvalue weighted by atomic mass is 32.2. The maximum absolute atomic E-state index is 13.5. The molecule has 1 saturated heterocycles. The lowest BCUT2D eigenvalue weighted by atomic mass is 9.72. The van der Waals surface area contributed by atoms with Crippen molar-refractivity contribution in [2.45, 2.75) is 43.2 Å². The van der Waals surface area contributed by atoms with E-state index >= 15 is 0 Å². The number of aliphatic hydroxyl groups is 1. The summed E-state index contributed by atoms with van der Waals surface area (Å²) in [4.78, 5) is 14.4. The van der Waals surface area contributed by atoms with Gasteiger partial charge in [-0.05, 0) is 30.2 Å². The first-order valence-electron chi connectivity index (χ1n) is 9.51. The third-order valence-corrected chi connectivity index (χ3v) is 7.84. The molecule has 148 valence electrons. The number of hydrogen-bond acceptors (Lipinski definition) is 4. The second-order valence-electron chi connectivity index (χ2n) is 7.36. The molecule has 6 nitrogen and oxygen atoms in total. The number of anilines is 1. The van der Waals surface area contributed by atoms with Crippen LogP contribution in [0, 0.1) is 6.92 Å². The van der Waals surface area contributed by atoms with Gasteiger partial charge in [0, 0.05) is 12.3 Å². The third-order valence-electron chi connectivity index (χ3n) is 5.90. The molecule has 3 atom stereocenters. The van der Waals surface area contributed by atoms with Crippen LogP contribution >= 0.6 is 0 Å². The van der Waals surface area contributed by atoms with Gasteiger partial charge < -0.3 is 10.0 Å². The Balaban J connectivity index is 1.83. The average Bonchev–Trinajstić information content (AvgIpc) is 2.68. The minimum atomic E-state index is -3.78. The number of nitrogens with zero attached hydrogens (tertiary/aromatic N) is 2. The van der Waals surface area contributed by atoms with Crippen LogP contribution in [0.25, 0.3) is 0 Å². The Kier molecular flexibility index (Phi) is 4.67. The molecule has 0 bridgehead atoms. The summed E-state index contributed by atoms with van der Waals surface area (Å²) in [5.41, 5.74) is 2.19. The summed E-state index contributed by atoms with van der Waals surface area (Å²) in [5, 5.41) is 9.88. The smallest absolute Gasteiger partial charge is 0.264 e. The first-order valence-corrected chi connectivity index (χ1v) is 10.9. The van der Waals surface area contributed by atoms with E-state index in [9.17, 15) is 18.3 Å². The number of aryl methyl sites for hydroxylation is 1. The number of fused-ring (bicyclic) bond motifs is 3. The van der Waals surface area contributed by atoms with Crippen molar-refractivity contribution in [3.8, 4) is 0 Å². The van der Waals surface area contributed by atoms with Gasteiger partial charge in [-0.25, -0.2) is 8.42 Å². The van der Waals surface area contributed by atoms with Gasteiger partial charge >= 0.3 is 0 Å². The van der Waals surface area contributed by atoms with Gasteiger partial charge in [0.15, 0.2) is 0 Å². The molecule has 1 fully saturated rings. The molecule has 28 heavy (non-hydrogen) atoms. The predicted octanol–water partition coefficient (Wildman–Crippen LogP) is 2.27. The minimum Gasteiger partial charge on any atom is -0.394 e. The fourth-order valence-corrected chi connectivity index (χ4v) is 6.31. The molecule has 0 spiro atoms. The summed E-state index contributed by atoms with van der Waals surface area (Å²) < 4.78 is 28.5. The summed E-state index contributed by atoms with van der Waals surface area (Å²) in [6.07, 6.45) is 0.325. The molecule has 1 N–H and O–H groups in total. The molecule has 0 aromatic heterocycles. The number of hydrogen-bond donors (Lipinski definition) is 1. The average molecular weight is 401 g/mol. The molecule has 1 amide bonds. The van der Waals surface area contributed by atoms with Crippen LogP contribution in [0.4, 0.5) is 5.69 Å². The number of benzene rings is 2. The Morgan fingerprint density at radius 1 is 1.14 bits per heavy atom. The van der Waals surface area contributed by atoms with Gasteiger partial charge in [0.05, 0.1) is 35.8 Å². The second-order valence-corrected chi connectivity index (χ2v) is 9.19. The van der Waals surface area contributed by atoms with E-state index in [1.807, 2.05) is 24.3 Å². The van der Waals surface area contributed by atoms with Crippen LogP contribution in [0.2, 0.25) is 0 Å². The molecule has 2 aliphatic heterocycles. The molecule has 0 aliphatic carbocycles. The van der Waals surface area contributed by atoms with Crippen LogP contribution in [0.5, 0.6) is 0 Å². The molecule has 4 rings (SSSR count). The normalized spacial score (nSPS) is 23.6. The van der Waals surface area contributed by atoms with Crippen molar-refractivity contribution in [2.24, 2.45) is 0 Å². The number of carbonyl (C=O) groups is 1. The maximum atomic E-state index is 13.5. The number of carbonyl (C=O) groups excluding carboxylic acids is 1. The van der Waals surface area contributed by atoms with E-state index in [2.05, 4.69) is 0 Å². The predicted molar refractivity (Wildman–Crippen MR) is 107 cm³/mol. The highest BCUT2D eigenvalue weighted by Gasteiger charge is 2.55. The molecule has 0 unspecified atom stereocenters. The lowest BCUT2D eigenvalue weighted by Crippen LogP contribution is -2.70. The molecular formula is C21H24N2O4S. The largest absolute Gasteiger partial charge is 0.394 e. The van der Waals surface area contributed by atoms with Crippen molar-refractivity contribution in [2.75, 3.05) is 17.5 Å². The summed E-state index contributed by atoms with van der Waals surface area (Å²) in [7, 11) is -3.78. The van der Waals surface area contributed by atoms with Crippen molar-refractivity contribution in [1.29, 1.82) is 0 Å². The Hall–Kier alpha value is -2.38. The van der Waals surface area contributed by atoms with Crippen LogP contribution in [0.3, 0.4) is 0 Å². The molecule has 2 heterocycles. The summed E-state index contributed by atoms with van der Waals surface area (Å²) >= 11 is 0. The highest BCUT2D eigenvalue weighted by molar-refractivity contribution is 7.92. The Morgan fingerprint density at radius 3 is 2.50 bits per heavy atom. The standard InChI is InChI=1S/C21H24N2O4S/c1-3-20(25)23-17-12-22(28(26,27)19-11-7-4-8-14(19)2)16-10-6-5-9-15(16)21(17)18(23)13-24/h4-11,17-18,21,24H,3,12-13H2,1-2H3/t17-,18-,21+/m0/s1. The van der Waals surface area contributed by atoms with Gasteiger partial charge in [0.1, 0.15) is 0 Å². The number of sulfonamides is 1. The number of amides is 1. The Morgan fingerprint density at radius 2 is 1.82 bits per heavy atom. The molecule has 2 aromatic rings.